The third-order valence-corrected chi connectivity index (χ3v) is 3.39. The molecule has 1 aliphatic carbocycles. The number of imidazole rings is 1. The summed E-state index contributed by atoms with van der Waals surface area (Å²) in [5.41, 5.74) is 1.09. The fourth-order valence-corrected chi connectivity index (χ4v) is 2.19. The Kier molecular flexibility index (Phi) is 3.82. The van der Waals surface area contributed by atoms with Crippen LogP contribution in [0.3, 0.4) is 0 Å². The summed E-state index contributed by atoms with van der Waals surface area (Å²) in [6, 6.07) is 0.717. The first-order valence-electron chi connectivity index (χ1n) is 7.31. The molecular formula is C14H22N6. The first-order valence-corrected chi connectivity index (χ1v) is 7.31. The Balaban J connectivity index is 1.60. The normalized spacial score (nSPS) is 15.2. The molecule has 0 unspecified atom stereocenters. The van der Waals surface area contributed by atoms with Gasteiger partial charge in [0.15, 0.2) is 0 Å². The zero-order valence-electron chi connectivity index (χ0n) is 12.2. The summed E-state index contributed by atoms with van der Waals surface area (Å²) in [6.07, 6.45) is 8.20. The lowest BCUT2D eigenvalue weighted by molar-refractivity contribution is 0.461. The number of aromatic nitrogens is 5. The van der Waals surface area contributed by atoms with Gasteiger partial charge >= 0.3 is 0 Å². The molecule has 0 aromatic carbocycles. The maximum absolute atomic E-state index is 4.43. The summed E-state index contributed by atoms with van der Waals surface area (Å²) < 4.78 is 4.05. The molecule has 0 bridgehead atoms. The van der Waals surface area contributed by atoms with Crippen molar-refractivity contribution in [1.29, 1.82) is 0 Å². The standard InChI is InChI=1S/C14H22N6/c1-11(2)6-20-14(16-9-18-20)8-19-7-13(17-10-19)5-15-12-3-4-12/h7,9-12,15H,3-6,8H2,1-2H3. The van der Waals surface area contributed by atoms with E-state index in [0.717, 1.165) is 31.2 Å². The fourth-order valence-electron chi connectivity index (χ4n) is 2.19. The highest BCUT2D eigenvalue weighted by Gasteiger charge is 2.20. The van der Waals surface area contributed by atoms with E-state index in [9.17, 15) is 0 Å². The van der Waals surface area contributed by atoms with Gasteiger partial charge in [-0.1, -0.05) is 13.8 Å². The molecule has 0 atom stereocenters. The Morgan fingerprint density at radius 2 is 2.20 bits per heavy atom. The number of hydrogen-bond donors (Lipinski definition) is 1. The molecule has 6 nitrogen and oxygen atoms in total. The Morgan fingerprint density at radius 1 is 1.35 bits per heavy atom. The highest BCUT2D eigenvalue weighted by molar-refractivity contribution is 5.00. The van der Waals surface area contributed by atoms with Crippen LogP contribution in [-0.4, -0.2) is 30.4 Å². The van der Waals surface area contributed by atoms with Crippen LogP contribution >= 0.6 is 0 Å². The molecule has 0 radical (unpaired) electrons. The minimum Gasteiger partial charge on any atom is -0.330 e. The van der Waals surface area contributed by atoms with Crippen LogP contribution in [0.15, 0.2) is 18.9 Å². The Labute approximate surface area is 119 Å². The molecule has 1 N–H and O–H groups in total. The van der Waals surface area contributed by atoms with Gasteiger partial charge in [-0.3, -0.25) is 0 Å². The molecule has 108 valence electrons. The quantitative estimate of drug-likeness (QED) is 0.830. The summed E-state index contributed by atoms with van der Waals surface area (Å²) in [4.78, 5) is 8.78. The van der Waals surface area contributed by atoms with E-state index in [-0.39, 0.29) is 0 Å². The van der Waals surface area contributed by atoms with E-state index in [0.29, 0.717) is 12.0 Å². The van der Waals surface area contributed by atoms with E-state index in [1.165, 1.54) is 12.8 Å². The highest BCUT2D eigenvalue weighted by Crippen LogP contribution is 2.19. The van der Waals surface area contributed by atoms with Crippen LogP contribution in [0.5, 0.6) is 0 Å². The van der Waals surface area contributed by atoms with Crippen LogP contribution in [0.4, 0.5) is 0 Å². The van der Waals surface area contributed by atoms with Gasteiger partial charge in [-0.25, -0.2) is 14.6 Å². The maximum atomic E-state index is 4.43. The zero-order chi connectivity index (χ0) is 13.9. The number of nitrogens with zero attached hydrogens (tertiary/aromatic N) is 5. The monoisotopic (exact) mass is 274 g/mol. The largest absolute Gasteiger partial charge is 0.330 e. The number of hydrogen-bond acceptors (Lipinski definition) is 4. The van der Waals surface area contributed by atoms with Crippen LogP contribution in [0.1, 0.15) is 38.2 Å². The lowest BCUT2D eigenvalue weighted by Gasteiger charge is -2.08. The molecular weight excluding hydrogens is 252 g/mol. The van der Waals surface area contributed by atoms with Crippen molar-refractivity contribution in [1.82, 2.24) is 29.6 Å². The van der Waals surface area contributed by atoms with E-state index >= 15 is 0 Å². The van der Waals surface area contributed by atoms with Crippen molar-refractivity contribution in [3.8, 4) is 0 Å². The molecule has 0 aliphatic heterocycles. The summed E-state index contributed by atoms with van der Waals surface area (Å²) in [6.45, 7) is 6.86. The van der Waals surface area contributed by atoms with Crippen molar-refractivity contribution >= 4 is 0 Å². The SMILES string of the molecule is CC(C)Cn1ncnc1Cn1cnc(CNC2CC2)c1. The molecule has 0 spiro atoms. The second-order valence-electron chi connectivity index (χ2n) is 5.94. The minimum atomic E-state index is 0.566. The number of rotatable bonds is 7. The van der Waals surface area contributed by atoms with E-state index < -0.39 is 0 Å². The van der Waals surface area contributed by atoms with Gasteiger partial charge in [0.1, 0.15) is 12.2 Å². The Morgan fingerprint density at radius 3 is 2.95 bits per heavy atom. The van der Waals surface area contributed by atoms with Crippen molar-refractivity contribution in [2.45, 2.75) is 52.4 Å². The Bertz CT molecular complexity index is 552. The summed E-state index contributed by atoms with van der Waals surface area (Å²) >= 11 is 0. The molecule has 2 aromatic heterocycles. The average molecular weight is 274 g/mol. The molecule has 2 aromatic rings. The molecule has 20 heavy (non-hydrogen) atoms. The summed E-state index contributed by atoms with van der Waals surface area (Å²) in [7, 11) is 0. The van der Waals surface area contributed by atoms with Crippen molar-refractivity contribution in [3.05, 3.63) is 30.4 Å². The topological polar surface area (TPSA) is 60.6 Å². The predicted molar refractivity (Wildman–Crippen MR) is 76.1 cm³/mol. The van der Waals surface area contributed by atoms with E-state index in [1.54, 1.807) is 6.33 Å². The first kappa shape index (κ1) is 13.3. The highest BCUT2D eigenvalue weighted by atomic mass is 15.3. The molecule has 3 rings (SSSR count). The first-order chi connectivity index (χ1) is 9.70. The molecule has 1 aliphatic rings. The van der Waals surface area contributed by atoms with Crippen LogP contribution in [0, 0.1) is 5.92 Å². The minimum absolute atomic E-state index is 0.566. The van der Waals surface area contributed by atoms with Gasteiger partial charge in [-0.15, -0.1) is 0 Å². The third-order valence-electron chi connectivity index (χ3n) is 3.39. The van der Waals surface area contributed by atoms with Gasteiger partial charge in [0.25, 0.3) is 0 Å². The van der Waals surface area contributed by atoms with Gasteiger partial charge in [0.05, 0.1) is 18.6 Å². The second-order valence-corrected chi connectivity index (χ2v) is 5.94. The van der Waals surface area contributed by atoms with Crippen molar-refractivity contribution in [3.63, 3.8) is 0 Å². The molecule has 1 fully saturated rings. The lowest BCUT2D eigenvalue weighted by atomic mass is 10.2. The third kappa shape index (κ3) is 3.45. The van der Waals surface area contributed by atoms with Crippen molar-refractivity contribution in [2.24, 2.45) is 5.92 Å². The fraction of sp³-hybridized carbons (Fsp3) is 0.643. The number of nitrogens with one attached hydrogen (secondary N) is 1. The van der Waals surface area contributed by atoms with Crippen LogP contribution in [-0.2, 0) is 19.6 Å². The second kappa shape index (κ2) is 5.75. The van der Waals surface area contributed by atoms with Crippen molar-refractivity contribution in [2.75, 3.05) is 0 Å². The summed E-state index contributed by atoms with van der Waals surface area (Å²) in [5, 5.41) is 7.76. The van der Waals surface area contributed by atoms with E-state index in [2.05, 4.69) is 45.0 Å². The predicted octanol–water partition coefficient (Wildman–Crippen LogP) is 1.43. The van der Waals surface area contributed by atoms with Crippen LogP contribution in [0.2, 0.25) is 0 Å². The molecule has 0 saturated heterocycles. The van der Waals surface area contributed by atoms with E-state index in [1.807, 2.05) is 11.0 Å². The molecule has 2 heterocycles. The van der Waals surface area contributed by atoms with Crippen molar-refractivity contribution < 1.29 is 0 Å². The van der Waals surface area contributed by atoms with Crippen LogP contribution < -0.4 is 5.32 Å². The van der Waals surface area contributed by atoms with Gasteiger partial charge < -0.3 is 9.88 Å². The van der Waals surface area contributed by atoms with E-state index in [4.69, 9.17) is 0 Å². The Hall–Kier alpha value is -1.69. The van der Waals surface area contributed by atoms with Gasteiger partial charge in [0, 0.05) is 25.3 Å². The smallest absolute Gasteiger partial charge is 0.146 e. The van der Waals surface area contributed by atoms with Gasteiger partial charge in [-0.05, 0) is 18.8 Å². The molecule has 6 heteroatoms. The average Bonchev–Trinajstić information content (AvgIpc) is 2.98. The lowest BCUT2D eigenvalue weighted by Crippen LogP contribution is -2.15. The van der Waals surface area contributed by atoms with Gasteiger partial charge in [-0.2, -0.15) is 5.10 Å². The van der Waals surface area contributed by atoms with Crippen LogP contribution in [0.25, 0.3) is 0 Å². The van der Waals surface area contributed by atoms with Gasteiger partial charge in [0.2, 0.25) is 0 Å². The summed E-state index contributed by atoms with van der Waals surface area (Å²) in [5.74, 6) is 1.55. The molecule has 0 amide bonds. The molecule has 1 saturated carbocycles. The maximum Gasteiger partial charge on any atom is 0.146 e. The zero-order valence-corrected chi connectivity index (χ0v) is 12.2.